The second kappa shape index (κ2) is 7.65. The standard InChI is InChI=1S/C15H21N3O4/c1-3-21-15(20)22-13-6-4-12(5-7-13)16-14(19)18-10-8-17(2)9-11-18/h4-7H,3,8-11H2,1-2H3,(H,16,19). The fourth-order valence-electron chi connectivity index (χ4n) is 2.06. The van der Waals surface area contributed by atoms with Crippen LogP contribution < -0.4 is 10.1 Å². The summed E-state index contributed by atoms with van der Waals surface area (Å²) in [4.78, 5) is 27.3. The predicted octanol–water partition coefficient (Wildman–Crippen LogP) is 2.00. The van der Waals surface area contributed by atoms with Gasteiger partial charge in [0.2, 0.25) is 0 Å². The van der Waals surface area contributed by atoms with Crippen LogP contribution in [0.4, 0.5) is 15.3 Å². The number of nitrogens with one attached hydrogen (secondary N) is 1. The third-order valence-electron chi connectivity index (χ3n) is 3.36. The molecule has 22 heavy (non-hydrogen) atoms. The maximum Gasteiger partial charge on any atom is 0.513 e. The summed E-state index contributed by atoms with van der Waals surface area (Å²) in [6, 6.07) is 6.46. The highest BCUT2D eigenvalue weighted by Crippen LogP contribution is 2.17. The van der Waals surface area contributed by atoms with Crippen LogP contribution in [0.5, 0.6) is 5.75 Å². The minimum Gasteiger partial charge on any atom is -0.434 e. The van der Waals surface area contributed by atoms with Crippen molar-refractivity contribution in [1.29, 1.82) is 0 Å². The van der Waals surface area contributed by atoms with Crippen LogP contribution in [0.2, 0.25) is 0 Å². The second-order valence-corrected chi connectivity index (χ2v) is 5.03. The third kappa shape index (κ3) is 4.63. The normalized spacial score (nSPS) is 15.3. The van der Waals surface area contributed by atoms with E-state index < -0.39 is 6.16 Å². The number of rotatable bonds is 3. The van der Waals surface area contributed by atoms with Crippen LogP contribution in [0, 0.1) is 0 Å². The molecule has 0 atom stereocenters. The van der Waals surface area contributed by atoms with E-state index in [-0.39, 0.29) is 12.6 Å². The zero-order chi connectivity index (χ0) is 15.9. The van der Waals surface area contributed by atoms with Gasteiger partial charge in [0.15, 0.2) is 0 Å². The summed E-state index contributed by atoms with van der Waals surface area (Å²) >= 11 is 0. The zero-order valence-electron chi connectivity index (χ0n) is 12.9. The monoisotopic (exact) mass is 307 g/mol. The number of benzene rings is 1. The summed E-state index contributed by atoms with van der Waals surface area (Å²) in [5, 5.41) is 2.83. The molecule has 7 nitrogen and oxygen atoms in total. The molecule has 1 aliphatic rings. The average Bonchev–Trinajstić information content (AvgIpc) is 2.50. The molecule has 1 aliphatic heterocycles. The summed E-state index contributed by atoms with van der Waals surface area (Å²) in [5.74, 6) is 0.371. The van der Waals surface area contributed by atoms with Gasteiger partial charge in [-0.15, -0.1) is 0 Å². The zero-order valence-corrected chi connectivity index (χ0v) is 12.9. The molecule has 0 aliphatic carbocycles. The summed E-state index contributed by atoms with van der Waals surface area (Å²) in [6.45, 7) is 5.15. The van der Waals surface area contributed by atoms with Crippen LogP contribution >= 0.6 is 0 Å². The Labute approximate surface area is 129 Å². The van der Waals surface area contributed by atoms with Gasteiger partial charge in [0, 0.05) is 31.9 Å². The van der Waals surface area contributed by atoms with Crippen molar-refractivity contribution in [2.75, 3.05) is 45.2 Å². The number of likely N-dealkylation sites (N-methyl/N-ethyl adjacent to an activating group) is 1. The molecule has 0 unspecified atom stereocenters. The Morgan fingerprint density at radius 3 is 2.36 bits per heavy atom. The number of ether oxygens (including phenoxy) is 2. The first kappa shape index (κ1) is 16.1. The lowest BCUT2D eigenvalue weighted by Gasteiger charge is -2.32. The van der Waals surface area contributed by atoms with Gasteiger partial charge in [-0.25, -0.2) is 9.59 Å². The smallest absolute Gasteiger partial charge is 0.434 e. The molecule has 120 valence electrons. The van der Waals surface area contributed by atoms with E-state index >= 15 is 0 Å². The van der Waals surface area contributed by atoms with E-state index in [9.17, 15) is 9.59 Å². The lowest BCUT2D eigenvalue weighted by atomic mass is 10.3. The lowest BCUT2D eigenvalue weighted by molar-refractivity contribution is 0.104. The molecule has 1 fully saturated rings. The molecule has 7 heteroatoms. The van der Waals surface area contributed by atoms with Crippen molar-refractivity contribution in [3.8, 4) is 5.75 Å². The molecule has 1 N–H and O–H groups in total. The van der Waals surface area contributed by atoms with E-state index in [2.05, 4.69) is 15.0 Å². The Morgan fingerprint density at radius 2 is 1.77 bits per heavy atom. The molecule has 0 bridgehead atoms. The number of piperazine rings is 1. The molecule has 1 saturated heterocycles. The first-order chi connectivity index (χ1) is 10.6. The van der Waals surface area contributed by atoms with E-state index in [1.807, 2.05) is 7.05 Å². The Bertz CT molecular complexity index is 510. The topological polar surface area (TPSA) is 71.1 Å². The van der Waals surface area contributed by atoms with E-state index in [0.29, 0.717) is 24.5 Å². The number of amides is 2. The van der Waals surface area contributed by atoms with Crippen LogP contribution in [-0.4, -0.2) is 61.8 Å². The maximum atomic E-state index is 12.1. The molecular weight excluding hydrogens is 286 g/mol. The second-order valence-electron chi connectivity index (χ2n) is 5.03. The van der Waals surface area contributed by atoms with E-state index in [1.165, 1.54) is 0 Å². The molecule has 2 rings (SSSR count). The molecule has 0 radical (unpaired) electrons. The van der Waals surface area contributed by atoms with Crippen LogP contribution in [0.15, 0.2) is 24.3 Å². The lowest BCUT2D eigenvalue weighted by Crippen LogP contribution is -2.48. The van der Waals surface area contributed by atoms with Crippen molar-refractivity contribution < 1.29 is 19.1 Å². The maximum absolute atomic E-state index is 12.1. The quantitative estimate of drug-likeness (QED) is 0.683. The Kier molecular flexibility index (Phi) is 5.60. The number of nitrogens with zero attached hydrogens (tertiary/aromatic N) is 2. The number of carbonyl (C=O) groups is 2. The molecule has 2 amide bonds. The Hall–Kier alpha value is -2.28. The van der Waals surface area contributed by atoms with Gasteiger partial charge in [-0.3, -0.25) is 0 Å². The molecule has 1 heterocycles. The minimum atomic E-state index is -0.739. The van der Waals surface area contributed by atoms with Crippen LogP contribution in [-0.2, 0) is 4.74 Å². The van der Waals surface area contributed by atoms with Gasteiger partial charge in [-0.1, -0.05) is 0 Å². The molecule has 0 aromatic heterocycles. The SMILES string of the molecule is CCOC(=O)Oc1ccc(NC(=O)N2CCN(C)CC2)cc1. The van der Waals surface area contributed by atoms with Crippen LogP contribution in [0.25, 0.3) is 0 Å². The molecule has 0 saturated carbocycles. The Morgan fingerprint density at radius 1 is 1.14 bits per heavy atom. The summed E-state index contributed by atoms with van der Waals surface area (Å²) in [7, 11) is 2.04. The third-order valence-corrected chi connectivity index (χ3v) is 3.36. The van der Waals surface area contributed by atoms with Crippen molar-refractivity contribution in [3.05, 3.63) is 24.3 Å². The van der Waals surface area contributed by atoms with Gasteiger partial charge in [0.1, 0.15) is 5.75 Å². The molecular formula is C15H21N3O4. The number of hydrogen-bond acceptors (Lipinski definition) is 5. The van der Waals surface area contributed by atoms with E-state index in [4.69, 9.17) is 4.74 Å². The average molecular weight is 307 g/mol. The highest BCUT2D eigenvalue weighted by atomic mass is 16.7. The molecule has 1 aromatic rings. The largest absolute Gasteiger partial charge is 0.513 e. The highest BCUT2D eigenvalue weighted by Gasteiger charge is 2.18. The van der Waals surface area contributed by atoms with Crippen LogP contribution in [0.3, 0.4) is 0 Å². The first-order valence-electron chi connectivity index (χ1n) is 7.27. The van der Waals surface area contributed by atoms with E-state index in [1.54, 1.807) is 36.1 Å². The fraction of sp³-hybridized carbons (Fsp3) is 0.467. The van der Waals surface area contributed by atoms with Gasteiger partial charge in [-0.2, -0.15) is 0 Å². The minimum absolute atomic E-state index is 0.118. The van der Waals surface area contributed by atoms with Gasteiger partial charge in [-0.05, 0) is 38.2 Å². The summed E-state index contributed by atoms with van der Waals surface area (Å²) in [5.41, 5.74) is 0.653. The van der Waals surface area contributed by atoms with Gasteiger partial charge < -0.3 is 24.6 Å². The molecule has 0 spiro atoms. The van der Waals surface area contributed by atoms with Gasteiger partial charge >= 0.3 is 12.2 Å². The fourth-order valence-corrected chi connectivity index (χ4v) is 2.06. The van der Waals surface area contributed by atoms with Gasteiger partial charge in [0.25, 0.3) is 0 Å². The number of hydrogen-bond donors (Lipinski definition) is 1. The summed E-state index contributed by atoms with van der Waals surface area (Å²) in [6.07, 6.45) is -0.739. The number of anilines is 1. The van der Waals surface area contributed by atoms with Crippen molar-refractivity contribution in [2.45, 2.75) is 6.92 Å². The number of urea groups is 1. The predicted molar refractivity (Wildman–Crippen MR) is 82.2 cm³/mol. The highest BCUT2D eigenvalue weighted by molar-refractivity contribution is 5.89. The first-order valence-corrected chi connectivity index (χ1v) is 7.27. The Balaban J connectivity index is 1.85. The van der Waals surface area contributed by atoms with Crippen molar-refractivity contribution >= 4 is 17.9 Å². The van der Waals surface area contributed by atoms with Crippen LogP contribution in [0.1, 0.15) is 6.92 Å². The van der Waals surface area contributed by atoms with Crippen molar-refractivity contribution in [2.24, 2.45) is 0 Å². The summed E-state index contributed by atoms with van der Waals surface area (Å²) < 4.78 is 9.64. The number of carbonyl (C=O) groups excluding carboxylic acids is 2. The van der Waals surface area contributed by atoms with Crippen molar-refractivity contribution in [3.63, 3.8) is 0 Å². The van der Waals surface area contributed by atoms with Gasteiger partial charge in [0.05, 0.1) is 6.61 Å². The van der Waals surface area contributed by atoms with Crippen molar-refractivity contribution in [1.82, 2.24) is 9.80 Å². The van der Waals surface area contributed by atoms with E-state index in [0.717, 1.165) is 13.1 Å². The molecule has 1 aromatic carbocycles.